The Labute approximate surface area is 147 Å². The Morgan fingerprint density at radius 1 is 1.38 bits per heavy atom. The number of carbonyl (C=O) groups is 1. The molecule has 0 aliphatic rings. The lowest BCUT2D eigenvalue weighted by Crippen LogP contribution is -2.15. The van der Waals surface area contributed by atoms with E-state index in [4.69, 9.17) is 16.3 Å². The fourth-order valence-corrected chi connectivity index (χ4v) is 3.56. The van der Waals surface area contributed by atoms with Crippen molar-refractivity contribution in [2.75, 3.05) is 12.4 Å². The maximum atomic E-state index is 12.8. The zero-order valence-electron chi connectivity index (χ0n) is 13.2. The molecule has 1 aromatic carbocycles. The molecule has 1 amide bonds. The lowest BCUT2D eigenvalue weighted by molar-refractivity contribution is 0.102. The fraction of sp³-hybridized carbons (Fsp3) is 0.200. The summed E-state index contributed by atoms with van der Waals surface area (Å²) >= 11 is 7.56. The van der Waals surface area contributed by atoms with Crippen molar-refractivity contribution in [3.8, 4) is 10.8 Å². The number of methoxy groups -OCH3 is 1. The van der Waals surface area contributed by atoms with E-state index in [1.807, 2.05) is 13.8 Å². The molecule has 0 atom stereocenters. The predicted molar refractivity (Wildman–Crippen MR) is 92.5 cm³/mol. The number of benzene rings is 1. The van der Waals surface area contributed by atoms with E-state index in [0.717, 1.165) is 10.4 Å². The minimum absolute atomic E-state index is 0.247. The fourth-order valence-electron chi connectivity index (χ4n) is 2.23. The average molecular weight is 364 g/mol. The summed E-state index contributed by atoms with van der Waals surface area (Å²) < 4.78 is 6.60. The number of carbonyl (C=O) groups excluding carboxylic acids is 1. The van der Waals surface area contributed by atoms with Gasteiger partial charge in [-0.2, -0.15) is 4.68 Å². The first kappa shape index (κ1) is 16.4. The molecule has 2 heterocycles. The van der Waals surface area contributed by atoms with Crippen LogP contribution in [0.25, 0.3) is 5.00 Å². The van der Waals surface area contributed by atoms with E-state index in [2.05, 4.69) is 20.8 Å². The largest absolute Gasteiger partial charge is 0.495 e. The van der Waals surface area contributed by atoms with Gasteiger partial charge in [0.05, 0.1) is 17.7 Å². The Morgan fingerprint density at radius 3 is 2.79 bits per heavy atom. The summed E-state index contributed by atoms with van der Waals surface area (Å²) in [5, 5.41) is 15.1. The first-order valence-corrected chi connectivity index (χ1v) is 8.19. The van der Waals surface area contributed by atoms with Crippen LogP contribution < -0.4 is 10.1 Å². The summed E-state index contributed by atoms with van der Waals surface area (Å²) in [5.74, 6) is 0.301. The van der Waals surface area contributed by atoms with Crippen molar-refractivity contribution in [1.29, 1.82) is 0 Å². The SMILES string of the molecule is COc1ccc(NC(=O)c2c(-n3cnnn3)sc(C)c2C)cc1Cl. The van der Waals surface area contributed by atoms with Gasteiger partial charge in [0.25, 0.3) is 5.91 Å². The number of nitrogens with zero attached hydrogens (tertiary/aromatic N) is 4. The quantitative estimate of drug-likeness (QED) is 0.769. The van der Waals surface area contributed by atoms with E-state index in [-0.39, 0.29) is 5.91 Å². The Hall–Kier alpha value is -2.45. The number of rotatable bonds is 4. The monoisotopic (exact) mass is 363 g/mol. The Kier molecular flexibility index (Phi) is 4.50. The highest BCUT2D eigenvalue weighted by Gasteiger charge is 2.22. The first-order chi connectivity index (χ1) is 11.5. The summed E-state index contributed by atoms with van der Waals surface area (Å²) in [5.41, 5.74) is 2.01. The molecule has 0 spiro atoms. The number of hydrogen-bond donors (Lipinski definition) is 1. The molecule has 24 heavy (non-hydrogen) atoms. The maximum Gasteiger partial charge on any atom is 0.259 e. The van der Waals surface area contributed by atoms with Crippen molar-refractivity contribution in [1.82, 2.24) is 20.2 Å². The molecule has 124 valence electrons. The average Bonchev–Trinajstić information content (AvgIpc) is 3.16. The molecule has 0 bridgehead atoms. The Bertz CT molecular complexity index is 892. The van der Waals surface area contributed by atoms with Crippen molar-refractivity contribution in [2.24, 2.45) is 0 Å². The second-order valence-corrected chi connectivity index (χ2v) is 6.63. The first-order valence-electron chi connectivity index (χ1n) is 6.99. The van der Waals surface area contributed by atoms with Crippen LogP contribution in [-0.2, 0) is 0 Å². The second kappa shape index (κ2) is 6.58. The number of halogens is 1. The number of hydrogen-bond acceptors (Lipinski definition) is 6. The van der Waals surface area contributed by atoms with Gasteiger partial charge in [0.1, 0.15) is 17.1 Å². The van der Waals surface area contributed by atoms with Crippen LogP contribution in [0.3, 0.4) is 0 Å². The van der Waals surface area contributed by atoms with Gasteiger partial charge in [0.2, 0.25) is 0 Å². The predicted octanol–water partition coefficient (Wildman–Crippen LogP) is 3.25. The van der Waals surface area contributed by atoms with Gasteiger partial charge in [-0.3, -0.25) is 4.79 Å². The standard InChI is InChI=1S/C15H14ClN5O2S/c1-8-9(2)24-15(21-7-17-19-20-21)13(8)14(22)18-10-4-5-12(23-3)11(16)6-10/h4-7H,1-3H3,(H,18,22). The van der Waals surface area contributed by atoms with Crippen molar-refractivity contribution in [3.63, 3.8) is 0 Å². The van der Waals surface area contributed by atoms with Gasteiger partial charge in [-0.25, -0.2) is 0 Å². The van der Waals surface area contributed by atoms with Crippen LogP contribution in [-0.4, -0.2) is 33.2 Å². The van der Waals surface area contributed by atoms with Crippen LogP contribution in [0.5, 0.6) is 5.75 Å². The molecule has 2 aromatic heterocycles. The van der Waals surface area contributed by atoms with E-state index in [1.54, 1.807) is 18.2 Å². The summed E-state index contributed by atoms with van der Waals surface area (Å²) in [6, 6.07) is 5.07. The molecule has 0 radical (unpaired) electrons. The maximum absolute atomic E-state index is 12.8. The van der Waals surface area contributed by atoms with E-state index in [9.17, 15) is 4.79 Å². The van der Waals surface area contributed by atoms with E-state index >= 15 is 0 Å². The second-order valence-electron chi connectivity index (χ2n) is 5.02. The van der Waals surface area contributed by atoms with Gasteiger partial charge in [-0.1, -0.05) is 11.6 Å². The summed E-state index contributed by atoms with van der Waals surface area (Å²) in [6.07, 6.45) is 1.46. The van der Waals surface area contributed by atoms with Gasteiger partial charge < -0.3 is 10.1 Å². The van der Waals surface area contributed by atoms with E-state index in [0.29, 0.717) is 27.0 Å². The lowest BCUT2D eigenvalue weighted by Gasteiger charge is -2.09. The molecule has 0 unspecified atom stereocenters. The van der Waals surface area contributed by atoms with Crippen molar-refractivity contribution in [3.05, 3.63) is 45.6 Å². The smallest absolute Gasteiger partial charge is 0.259 e. The highest BCUT2D eigenvalue weighted by Crippen LogP contribution is 2.32. The number of ether oxygens (including phenoxy) is 1. The number of amides is 1. The minimum Gasteiger partial charge on any atom is -0.495 e. The van der Waals surface area contributed by atoms with Crippen LogP contribution in [0.4, 0.5) is 5.69 Å². The lowest BCUT2D eigenvalue weighted by atomic mass is 10.1. The zero-order valence-corrected chi connectivity index (χ0v) is 14.8. The third-order valence-electron chi connectivity index (χ3n) is 3.56. The van der Waals surface area contributed by atoms with Crippen molar-refractivity contribution >= 4 is 34.5 Å². The number of nitrogens with one attached hydrogen (secondary N) is 1. The van der Waals surface area contributed by atoms with Crippen molar-refractivity contribution < 1.29 is 9.53 Å². The van der Waals surface area contributed by atoms with Crippen molar-refractivity contribution in [2.45, 2.75) is 13.8 Å². The topological polar surface area (TPSA) is 81.9 Å². The highest BCUT2D eigenvalue weighted by atomic mass is 35.5. The number of thiophene rings is 1. The Balaban J connectivity index is 1.95. The number of aromatic nitrogens is 4. The summed E-state index contributed by atoms with van der Waals surface area (Å²) in [4.78, 5) is 13.8. The molecule has 0 fully saturated rings. The minimum atomic E-state index is -0.247. The number of aryl methyl sites for hydroxylation is 1. The van der Waals surface area contributed by atoms with E-state index in [1.165, 1.54) is 29.5 Å². The van der Waals surface area contributed by atoms with E-state index < -0.39 is 0 Å². The van der Waals surface area contributed by atoms with Gasteiger partial charge in [0, 0.05) is 10.6 Å². The molecule has 0 saturated carbocycles. The molecule has 7 nitrogen and oxygen atoms in total. The highest BCUT2D eigenvalue weighted by molar-refractivity contribution is 7.15. The van der Waals surface area contributed by atoms with Crippen LogP contribution in [0.2, 0.25) is 5.02 Å². The molecule has 9 heteroatoms. The molecular weight excluding hydrogens is 350 g/mol. The molecule has 0 aliphatic heterocycles. The number of anilines is 1. The third kappa shape index (κ3) is 2.98. The van der Waals surface area contributed by atoms with Crippen LogP contribution in [0.15, 0.2) is 24.5 Å². The van der Waals surface area contributed by atoms with Gasteiger partial charge in [0.15, 0.2) is 0 Å². The van der Waals surface area contributed by atoms with Gasteiger partial charge in [-0.05, 0) is 48.0 Å². The van der Waals surface area contributed by atoms with Gasteiger partial charge >= 0.3 is 0 Å². The van der Waals surface area contributed by atoms with Crippen LogP contribution in [0, 0.1) is 13.8 Å². The third-order valence-corrected chi connectivity index (χ3v) is 5.05. The van der Waals surface area contributed by atoms with Crippen LogP contribution in [0.1, 0.15) is 20.8 Å². The Morgan fingerprint density at radius 2 is 2.17 bits per heavy atom. The molecule has 3 rings (SSSR count). The molecule has 1 N–H and O–H groups in total. The van der Waals surface area contributed by atoms with Gasteiger partial charge in [-0.15, -0.1) is 16.4 Å². The summed E-state index contributed by atoms with van der Waals surface area (Å²) in [7, 11) is 1.54. The zero-order chi connectivity index (χ0) is 17.3. The molecule has 0 aliphatic carbocycles. The summed E-state index contributed by atoms with van der Waals surface area (Å²) in [6.45, 7) is 3.85. The van der Waals surface area contributed by atoms with Crippen LogP contribution >= 0.6 is 22.9 Å². The normalized spacial score (nSPS) is 10.7. The number of tetrazole rings is 1. The molecule has 3 aromatic rings. The molecule has 0 saturated heterocycles. The molecular formula is C15H14ClN5O2S.